The van der Waals surface area contributed by atoms with Crippen LogP contribution in [-0.4, -0.2) is 39.6 Å². The summed E-state index contributed by atoms with van der Waals surface area (Å²) in [5.74, 6) is -0.0474. The number of ether oxygens (including phenoxy) is 1. The molecule has 0 saturated heterocycles. The molecular weight excluding hydrogens is 354 g/mol. The first kappa shape index (κ1) is 19.7. The van der Waals surface area contributed by atoms with Crippen LogP contribution < -0.4 is 10.2 Å². The molecule has 3 rings (SSSR count). The Morgan fingerprint density at radius 2 is 2.04 bits per heavy atom. The summed E-state index contributed by atoms with van der Waals surface area (Å²) in [6.45, 7) is 2.67. The Kier molecular flexibility index (Phi) is 6.59. The maximum atomic E-state index is 12.7. The quantitative estimate of drug-likeness (QED) is 0.629. The van der Waals surface area contributed by atoms with Crippen LogP contribution in [0.25, 0.3) is 0 Å². The Balaban J connectivity index is 0.00000243. The predicted octanol–water partition coefficient (Wildman–Crippen LogP) is 1.67. The zero-order valence-corrected chi connectivity index (χ0v) is 15.3. The normalized spacial score (nSPS) is 15.8. The molecule has 0 radical (unpaired) electrons. The molecule has 0 saturated carbocycles. The molecule has 0 aliphatic carbocycles. The Bertz CT molecular complexity index is 785. The van der Waals surface area contributed by atoms with Gasteiger partial charge in [-0.05, 0) is 36.8 Å². The average molecular weight is 375 g/mol. The van der Waals surface area contributed by atoms with Crippen molar-refractivity contribution in [1.82, 2.24) is 15.4 Å². The van der Waals surface area contributed by atoms with Gasteiger partial charge in [-0.2, -0.15) is 13.5 Å². The van der Waals surface area contributed by atoms with E-state index in [1.165, 1.54) is 0 Å². The first-order valence-electron chi connectivity index (χ1n) is 7.97. The maximum Gasteiger partial charge on any atom is 0.274 e. The van der Waals surface area contributed by atoms with Crippen molar-refractivity contribution in [3.8, 4) is 5.75 Å². The molecule has 138 valence electrons. The van der Waals surface area contributed by atoms with E-state index in [0.29, 0.717) is 30.9 Å². The van der Waals surface area contributed by atoms with Crippen molar-refractivity contribution in [3.05, 3.63) is 59.4 Å². The zero-order chi connectivity index (χ0) is 17.8. The monoisotopic (exact) mass is 375 g/mol. The van der Waals surface area contributed by atoms with Crippen molar-refractivity contribution >= 4 is 25.3 Å². The Labute approximate surface area is 158 Å². The molecule has 2 heterocycles. The summed E-state index contributed by atoms with van der Waals surface area (Å²) >= 11 is 0. The summed E-state index contributed by atoms with van der Waals surface area (Å²) < 4.78 is 5.76. The Morgan fingerprint density at radius 3 is 2.73 bits per heavy atom. The Morgan fingerprint density at radius 1 is 1.31 bits per heavy atom. The fourth-order valence-electron chi connectivity index (χ4n) is 2.78. The third-order valence-corrected chi connectivity index (χ3v) is 4.21. The van der Waals surface area contributed by atoms with Crippen molar-refractivity contribution in [2.24, 2.45) is 0 Å². The predicted molar refractivity (Wildman–Crippen MR) is 99.5 cm³/mol. The van der Waals surface area contributed by atoms with Crippen molar-refractivity contribution in [2.75, 3.05) is 6.61 Å². The highest BCUT2D eigenvalue weighted by Gasteiger charge is 2.26. The summed E-state index contributed by atoms with van der Waals surface area (Å²) in [7, 11) is 0. The molecule has 2 aromatic rings. The zero-order valence-electron chi connectivity index (χ0n) is 14.3. The first-order chi connectivity index (χ1) is 12.1. The molecule has 0 spiro atoms. The van der Waals surface area contributed by atoms with Crippen LogP contribution in [0.5, 0.6) is 5.75 Å². The molecule has 1 atom stereocenters. The SMILES string of the molecule is C[C@H]1COc2cc(C(=O)NO)ccc2CN1C(=O)Cc1ccncc1.S. The molecule has 1 aliphatic rings. The Hall–Kier alpha value is -2.58. The smallest absolute Gasteiger partial charge is 0.274 e. The third-order valence-electron chi connectivity index (χ3n) is 4.21. The van der Waals surface area contributed by atoms with E-state index in [2.05, 4.69) is 4.98 Å². The van der Waals surface area contributed by atoms with Crippen LogP contribution in [0.15, 0.2) is 42.7 Å². The number of aromatic nitrogens is 1. The molecule has 1 aliphatic heterocycles. The van der Waals surface area contributed by atoms with Crippen LogP contribution >= 0.6 is 13.5 Å². The minimum atomic E-state index is -0.602. The average Bonchev–Trinajstić information content (AvgIpc) is 2.80. The molecule has 0 fully saturated rings. The van der Waals surface area contributed by atoms with E-state index in [-0.39, 0.29) is 25.4 Å². The van der Waals surface area contributed by atoms with Gasteiger partial charge in [0.25, 0.3) is 5.91 Å². The fraction of sp³-hybridized carbons (Fsp3) is 0.278. The van der Waals surface area contributed by atoms with Crippen molar-refractivity contribution < 1.29 is 19.5 Å². The molecule has 0 unspecified atom stereocenters. The molecule has 0 bridgehead atoms. The second-order valence-corrected chi connectivity index (χ2v) is 5.98. The first-order valence-corrected chi connectivity index (χ1v) is 7.97. The largest absolute Gasteiger partial charge is 0.491 e. The van der Waals surface area contributed by atoms with Gasteiger partial charge in [0.1, 0.15) is 12.4 Å². The fourth-order valence-corrected chi connectivity index (χ4v) is 2.78. The number of carbonyl (C=O) groups is 2. The molecule has 2 N–H and O–H groups in total. The van der Waals surface area contributed by atoms with Crippen LogP contribution in [0.2, 0.25) is 0 Å². The van der Waals surface area contributed by atoms with Crippen LogP contribution in [0.1, 0.15) is 28.4 Å². The van der Waals surface area contributed by atoms with Crippen LogP contribution in [0.4, 0.5) is 0 Å². The molecule has 8 heteroatoms. The minimum absolute atomic E-state index is 0. The van der Waals surface area contributed by atoms with E-state index in [9.17, 15) is 9.59 Å². The van der Waals surface area contributed by atoms with Gasteiger partial charge in [-0.1, -0.05) is 6.07 Å². The summed E-state index contributed by atoms with van der Waals surface area (Å²) in [4.78, 5) is 30.0. The summed E-state index contributed by atoms with van der Waals surface area (Å²) in [5, 5.41) is 8.75. The standard InChI is InChI=1S/C18H19N3O4.H2S/c1-12-11-25-16-9-14(18(23)20-24)2-3-15(16)10-21(12)17(22)8-13-4-6-19-7-5-13;/h2-7,9,12,24H,8,10-11H2,1H3,(H,20,23);1H2/t12-;/m0./s1. The molecule has 7 nitrogen and oxygen atoms in total. The number of pyridine rings is 1. The lowest BCUT2D eigenvalue weighted by molar-refractivity contribution is -0.133. The van der Waals surface area contributed by atoms with Gasteiger partial charge in [-0.3, -0.25) is 19.8 Å². The third kappa shape index (κ3) is 4.33. The van der Waals surface area contributed by atoms with E-state index < -0.39 is 5.91 Å². The second-order valence-electron chi connectivity index (χ2n) is 5.98. The lowest BCUT2D eigenvalue weighted by Crippen LogP contribution is -2.40. The highest BCUT2D eigenvalue weighted by Crippen LogP contribution is 2.27. The minimum Gasteiger partial charge on any atom is -0.491 e. The number of rotatable bonds is 3. The maximum absolute atomic E-state index is 12.7. The lowest BCUT2D eigenvalue weighted by Gasteiger charge is -2.26. The van der Waals surface area contributed by atoms with Crippen LogP contribution in [0.3, 0.4) is 0 Å². The van der Waals surface area contributed by atoms with Crippen molar-refractivity contribution in [2.45, 2.75) is 25.9 Å². The van der Waals surface area contributed by atoms with E-state index in [1.807, 2.05) is 19.1 Å². The number of hydrogen-bond acceptors (Lipinski definition) is 5. The molecule has 1 aromatic heterocycles. The van der Waals surface area contributed by atoms with Gasteiger partial charge in [-0.15, -0.1) is 0 Å². The number of hydroxylamine groups is 1. The number of amides is 2. The van der Waals surface area contributed by atoms with Gasteiger partial charge in [-0.25, -0.2) is 5.48 Å². The van der Waals surface area contributed by atoms with E-state index >= 15 is 0 Å². The molecule has 2 amide bonds. The van der Waals surface area contributed by atoms with Gasteiger partial charge < -0.3 is 9.64 Å². The lowest BCUT2D eigenvalue weighted by atomic mass is 10.1. The van der Waals surface area contributed by atoms with Gasteiger partial charge in [0.2, 0.25) is 5.91 Å². The van der Waals surface area contributed by atoms with E-state index in [1.54, 1.807) is 41.0 Å². The van der Waals surface area contributed by atoms with E-state index in [4.69, 9.17) is 9.94 Å². The number of nitrogens with zero attached hydrogens (tertiary/aromatic N) is 2. The number of nitrogens with one attached hydrogen (secondary N) is 1. The van der Waals surface area contributed by atoms with Gasteiger partial charge in [0.05, 0.1) is 12.5 Å². The van der Waals surface area contributed by atoms with Crippen LogP contribution in [-0.2, 0) is 17.8 Å². The van der Waals surface area contributed by atoms with Crippen molar-refractivity contribution in [3.63, 3.8) is 0 Å². The topological polar surface area (TPSA) is 91.8 Å². The van der Waals surface area contributed by atoms with Gasteiger partial charge in [0.15, 0.2) is 0 Å². The molecular formula is C18H21N3O4S. The highest BCUT2D eigenvalue weighted by molar-refractivity contribution is 7.59. The second kappa shape index (κ2) is 8.68. The number of benzene rings is 1. The highest BCUT2D eigenvalue weighted by atomic mass is 32.1. The number of hydrogen-bond donors (Lipinski definition) is 2. The molecule has 26 heavy (non-hydrogen) atoms. The summed E-state index contributed by atoms with van der Waals surface area (Å²) in [5.41, 5.74) is 3.63. The molecule has 1 aromatic carbocycles. The number of carbonyl (C=O) groups excluding carboxylic acids is 2. The van der Waals surface area contributed by atoms with Gasteiger partial charge in [0, 0.05) is 30.1 Å². The van der Waals surface area contributed by atoms with Crippen LogP contribution in [0, 0.1) is 0 Å². The van der Waals surface area contributed by atoms with E-state index in [0.717, 1.165) is 11.1 Å². The van der Waals surface area contributed by atoms with Crippen molar-refractivity contribution in [1.29, 1.82) is 0 Å². The summed E-state index contributed by atoms with van der Waals surface area (Å²) in [6.07, 6.45) is 3.63. The number of fused-ring (bicyclic) bond motifs is 1. The summed E-state index contributed by atoms with van der Waals surface area (Å²) in [6, 6.07) is 8.46. The van der Waals surface area contributed by atoms with Gasteiger partial charge >= 0.3 is 0 Å².